The van der Waals surface area contributed by atoms with Crippen molar-refractivity contribution in [3.63, 3.8) is 0 Å². The molecule has 1 aromatic rings. The quantitative estimate of drug-likeness (QED) is 0.884. The van der Waals surface area contributed by atoms with E-state index in [0.29, 0.717) is 5.54 Å². The Hall–Kier alpha value is -1.16. The summed E-state index contributed by atoms with van der Waals surface area (Å²) in [4.78, 5) is 11.4. The van der Waals surface area contributed by atoms with Gasteiger partial charge in [-0.15, -0.1) is 0 Å². The molecule has 19 heavy (non-hydrogen) atoms. The molecule has 104 valence electrons. The van der Waals surface area contributed by atoms with Crippen molar-refractivity contribution in [1.82, 2.24) is 15.3 Å². The van der Waals surface area contributed by atoms with Crippen LogP contribution in [0.2, 0.25) is 0 Å². The smallest absolute Gasteiger partial charge is 0.132 e. The maximum Gasteiger partial charge on any atom is 0.132 e. The molecule has 4 nitrogen and oxygen atoms in total. The highest BCUT2D eigenvalue weighted by atomic mass is 15.3. The van der Waals surface area contributed by atoms with Crippen LogP contribution >= 0.6 is 0 Å². The Morgan fingerprint density at radius 3 is 2.89 bits per heavy atom. The van der Waals surface area contributed by atoms with Crippen molar-refractivity contribution in [3.05, 3.63) is 18.1 Å². The van der Waals surface area contributed by atoms with Crippen LogP contribution in [0.3, 0.4) is 0 Å². The summed E-state index contributed by atoms with van der Waals surface area (Å²) >= 11 is 0. The van der Waals surface area contributed by atoms with E-state index < -0.39 is 0 Å². The summed E-state index contributed by atoms with van der Waals surface area (Å²) < 4.78 is 0. The van der Waals surface area contributed by atoms with E-state index in [4.69, 9.17) is 0 Å². The van der Waals surface area contributed by atoms with Gasteiger partial charge in [0.1, 0.15) is 12.1 Å². The Balaban J connectivity index is 1.90. The maximum absolute atomic E-state index is 4.55. The minimum absolute atomic E-state index is 0.301. The number of aromatic nitrogens is 2. The predicted octanol–water partition coefficient (Wildman–Crippen LogP) is 2.15. The first-order chi connectivity index (χ1) is 9.34. The molecule has 2 heterocycles. The number of nitrogens with one attached hydrogen (secondary N) is 1. The number of hydrogen-bond donors (Lipinski definition) is 1. The fraction of sp³-hybridized carbons (Fsp3) is 0.733. The van der Waals surface area contributed by atoms with Crippen LogP contribution in [0, 0.1) is 0 Å². The number of aryl methyl sites for hydroxylation is 1. The van der Waals surface area contributed by atoms with Gasteiger partial charge in [0, 0.05) is 31.4 Å². The third kappa shape index (κ3) is 2.46. The van der Waals surface area contributed by atoms with Crippen molar-refractivity contribution in [2.45, 2.75) is 51.0 Å². The summed E-state index contributed by atoms with van der Waals surface area (Å²) in [5, 5.41) is 3.59. The largest absolute Gasteiger partial charge is 0.348 e. The Kier molecular flexibility index (Phi) is 3.69. The average molecular weight is 260 g/mol. The normalized spacial score (nSPS) is 22.7. The van der Waals surface area contributed by atoms with Gasteiger partial charge in [-0.3, -0.25) is 0 Å². The molecule has 3 rings (SSSR count). The van der Waals surface area contributed by atoms with Gasteiger partial charge in [-0.1, -0.05) is 26.2 Å². The molecule has 0 bridgehead atoms. The van der Waals surface area contributed by atoms with Gasteiger partial charge in [0.25, 0.3) is 0 Å². The summed E-state index contributed by atoms with van der Waals surface area (Å²) in [6.07, 6.45) is 9.39. The Labute approximate surface area is 115 Å². The van der Waals surface area contributed by atoms with Crippen LogP contribution in [0.25, 0.3) is 0 Å². The molecule has 2 aliphatic rings. The van der Waals surface area contributed by atoms with E-state index in [1.807, 2.05) is 0 Å². The lowest BCUT2D eigenvalue weighted by Crippen LogP contribution is -2.62. The van der Waals surface area contributed by atoms with E-state index >= 15 is 0 Å². The summed E-state index contributed by atoms with van der Waals surface area (Å²) in [7, 11) is 0. The SMILES string of the molecule is CCc1cc(N2CCNCC23CCCCC3)ncn1. The number of piperazine rings is 1. The fourth-order valence-electron chi connectivity index (χ4n) is 3.59. The zero-order valence-corrected chi connectivity index (χ0v) is 11.9. The molecule has 0 amide bonds. The van der Waals surface area contributed by atoms with E-state index in [1.54, 1.807) is 6.33 Å². The van der Waals surface area contributed by atoms with Crippen LogP contribution < -0.4 is 10.2 Å². The topological polar surface area (TPSA) is 41.0 Å². The summed E-state index contributed by atoms with van der Waals surface area (Å²) in [5.74, 6) is 1.13. The molecule has 0 aromatic carbocycles. The van der Waals surface area contributed by atoms with E-state index in [-0.39, 0.29) is 0 Å². The fourth-order valence-corrected chi connectivity index (χ4v) is 3.59. The molecule has 1 saturated heterocycles. The minimum Gasteiger partial charge on any atom is -0.348 e. The summed E-state index contributed by atoms with van der Waals surface area (Å²) in [5.41, 5.74) is 1.45. The average Bonchev–Trinajstić information content (AvgIpc) is 2.49. The Morgan fingerprint density at radius 1 is 1.26 bits per heavy atom. The first kappa shape index (κ1) is 12.9. The highest BCUT2D eigenvalue weighted by Gasteiger charge is 2.40. The third-order valence-electron chi connectivity index (χ3n) is 4.67. The van der Waals surface area contributed by atoms with E-state index in [9.17, 15) is 0 Å². The van der Waals surface area contributed by atoms with Gasteiger partial charge in [0.15, 0.2) is 0 Å². The van der Waals surface area contributed by atoms with Crippen molar-refractivity contribution in [2.75, 3.05) is 24.5 Å². The number of rotatable bonds is 2. The standard InChI is InChI=1S/C15H24N4/c1-2-13-10-14(18-12-17-13)19-9-8-16-11-15(19)6-4-3-5-7-15/h10,12,16H,2-9,11H2,1H3. The second kappa shape index (κ2) is 5.45. The van der Waals surface area contributed by atoms with Crippen LogP contribution in [0.1, 0.15) is 44.7 Å². The van der Waals surface area contributed by atoms with Crippen LogP contribution in [-0.2, 0) is 6.42 Å². The van der Waals surface area contributed by atoms with E-state index in [2.05, 4.69) is 33.2 Å². The van der Waals surface area contributed by atoms with Gasteiger partial charge in [-0.25, -0.2) is 9.97 Å². The van der Waals surface area contributed by atoms with Gasteiger partial charge < -0.3 is 10.2 Å². The molecule has 1 aromatic heterocycles. The van der Waals surface area contributed by atoms with Crippen LogP contribution in [0.5, 0.6) is 0 Å². The van der Waals surface area contributed by atoms with Gasteiger partial charge >= 0.3 is 0 Å². The van der Waals surface area contributed by atoms with Gasteiger partial charge in [-0.2, -0.15) is 0 Å². The van der Waals surface area contributed by atoms with Crippen molar-refractivity contribution >= 4 is 5.82 Å². The number of nitrogens with zero attached hydrogens (tertiary/aromatic N) is 3. The summed E-state index contributed by atoms with van der Waals surface area (Å²) in [6.45, 7) is 5.39. The Morgan fingerprint density at radius 2 is 2.11 bits per heavy atom. The van der Waals surface area contributed by atoms with Crippen molar-refractivity contribution in [2.24, 2.45) is 0 Å². The molecule has 1 N–H and O–H groups in total. The maximum atomic E-state index is 4.55. The molecule has 0 radical (unpaired) electrons. The predicted molar refractivity (Wildman–Crippen MR) is 77.4 cm³/mol. The first-order valence-corrected chi connectivity index (χ1v) is 7.63. The van der Waals surface area contributed by atoms with Crippen LogP contribution in [0.4, 0.5) is 5.82 Å². The molecular weight excluding hydrogens is 236 g/mol. The first-order valence-electron chi connectivity index (χ1n) is 7.63. The van der Waals surface area contributed by atoms with Crippen LogP contribution in [0.15, 0.2) is 12.4 Å². The van der Waals surface area contributed by atoms with E-state index in [1.165, 1.54) is 32.1 Å². The second-order valence-electron chi connectivity index (χ2n) is 5.83. The Bertz CT molecular complexity index is 418. The molecule has 1 aliphatic heterocycles. The van der Waals surface area contributed by atoms with Gasteiger partial charge in [-0.05, 0) is 19.3 Å². The molecule has 1 saturated carbocycles. The summed E-state index contributed by atoms with van der Waals surface area (Å²) in [6, 6.07) is 2.18. The molecule has 0 atom stereocenters. The van der Waals surface area contributed by atoms with Crippen molar-refractivity contribution < 1.29 is 0 Å². The highest BCUT2D eigenvalue weighted by molar-refractivity contribution is 5.44. The number of anilines is 1. The molecule has 4 heteroatoms. The zero-order chi connectivity index (χ0) is 13.1. The second-order valence-corrected chi connectivity index (χ2v) is 5.83. The molecule has 2 fully saturated rings. The molecular formula is C15H24N4. The molecule has 1 aliphatic carbocycles. The van der Waals surface area contributed by atoms with Crippen LogP contribution in [-0.4, -0.2) is 35.1 Å². The van der Waals surface area contributed by atoms with Gasteiger partial charge in [0.2, 0.25) is 0 Å². The minimum atomic E-state index is 0.301. The van der Waals surface area contributed by atoms with Crippen molar-refractivity contribution in [3.8, 4) is 0 Å². The lowest BCUT2D eigenvalue weighted by atomic mass is 9.79. The van der Waals surface area contributed by atoms with Gasteiger partial charge in [0.05, 0.1) is 5.54 Å². The van der Waals surface area contributed by atoms with Crippen molar-refractivity contribution in [1.29, 1.82) is 0 Å². The zero-order valence-electron chi connectivity index (χ0n) is 11.9. The highest BCUT2D eigenvalue weighted by Crippen LogP contribution is 2.36. The molecule has 0 unspecified atom stereocenters. The third-order valence-corrected chi connectivity index (χ3v) is 4.67. The number of hydrogen-bond acceptors (Lipinski definition) is 4. The lowest BCUT2D eigenvalue weighted by Gasteiger charge is -2.50. The van der Waals surface area contributed by atoms with E-state index in [0.717, 1.165) is 37.6 Å². The lowest BCUT2D eigenvalue weighted by molar-refractivity contribution is 0.239. The molecule has 1 spiro atoms. The monoisotopic (exact) mass is 260 g/mol.